The predicted octanol–water partition coefficient (Wildman–Crippen LogP) is 4.29. The van der Waals surface area contributed by atoms with E-state index in [1.165, 1.54) is 11.1 Å². The fourth-order valence-electron chi connectivity index (χ4n) is 2.42. The smallest absolute Gasteiger partial charge is 0.119 e. The average molecular weight is 298 g/mol. The highest BCUT2D eigenvalue weighted by molar-refractivity contribution is 7.83. The van der Waals surface area contributed by atoms with Crippen molar-refractivity contribution in [1.82, 2.24) is 0 Å². The summed E-state index contributed by atoms with van der Waals surface area (Å²) in [6, 6.07) is 3.82. The molecular formula is C17H30O2S. The largest absolute Gasteiger partial charge is 0.508 e. The lowest BCUT2D eigenvalue weighted by Crippen LogP contribution is -2.23. The molecule has 0 atom stereocenters. The Hall–Kier alpha value is -0.830. The second-order valence-corrected chi connectivity index (χ2v) is 8.88. The van der Waals surface area contributed by atoms with E-state index in [9.17, 15) is 9.32 Å². The van der Waals surface area contributed by atoms with Crippen LogP contribution in [0.2, 0.25) is 0 Å². The molecule has 0 spiro atoms. The first kappa shape index (κ1) is 19.2. The number of phenolic OH excluding ortho intramolecular Hbond substituents is 1. The van der Waals surface area contributed by atoms with Crippen LogP contribution in [-0.4, -0.2) is 21.8 Å². The van der Waals surface area contributed by atoms with Crippen LogP contribution in [0, 0.1) is 6.92 Å². The fraction of sp³-hybridized carbons (Fsp3) is 0.647. The highest BCUT2D eigenvalue weighted by atomic mass is 32.2. The predicted molar refractivity (Wildman–Crippen MR) is 90.2 cm³/mol. The highest BCUT2D eigenvalue weighted by Gasteiger charge is 2.29. The van der Waals surface area contributed by atoms with Gasteiger partial charge in [-0.1, -0.05) is 47.6 Å². The van der Waals surface area contributed by atoms with Gasteiger partial charge in [-0.2, -0.15) is 0 Å². The second kappa shape index (κ2) is 6.75. The number of benzene rings is 1. The molecule has 0 aliphatic carbocycles. The molecule has 116 valence electrons. The fourth-order valence-corrected chi connectivity index (χ4v) is 2.42. The van der Waals surface area contributed by atoms with Gasteiger partial charge in [-0.25, -0.2) is 0 Å². The summed E-state index contributed by atoms with van der Waals surface area (Å²) in [5.74, 6) is 0.419. The Bertz CT molecular complexity index is 434. The third-order valence-corrected chi connectivity index (χ3v) is 2.89. The van der Waals surface area contributed by atoms with Crippen LogP contribution < -0.4 is 0 Å². The quantitative estimate of drug-likeness (QED) is 0.776. The van der Waals surface area contributed by atoms with Gasteiger partial charge in [-0.05, 0) is 34.9 Å². The molecule has 20 heavy (non-hydrogen) atoms. The van der Waals surface area contributed by atoms with E-state index >= 15 is 0 Å². The van der Waals surface area contributed by atoms with Crippen LogP contribution >= 0.6 is 0 Å². The summed E-state index contributed by atoms with van der Waals surface area (Å²) in [5, 5.41) is 10.1. The molecule has 0 aromatic heterocycles. The van der Waals surface area contributed by atoms with Crippen LogP contribution in [0.4, 0.5) is 0 Å². The Labute approximate surface area is 127 Å². The van der Waals surface area contributed by atoms with Crippen molar-refractivity contribution in [3.05, 3.63) is 28.8 Å². The van der Waals surface area contributed by atoms with Gasteiger partial charge in [-0.3, -0.25) is 4.21 Å². The van der Waals surface area contributed by atoms with Crippen molar-refractivity contribution >= 4 is 10.8 Å². The number of aryl methyl sites for hydroxylation is 1. The molecule has 0 bridgehead atoms. The van der Waals surface area contributed by atoms with Crippen molar-refractivity contribution in [3.8, 4) is 5.75 Å². The van der Waals surface area contributed by atoms with Gasteiger partial charge in [0, 0.05) is 28.9 Å². The maximum Gasteiger partial charge on any atom is 0.119 e. The SMILES string of the molecule is CS(C)=O.Cc1ccc(O)c(C(C)(C)C)c1C(C)(C)C. The van der Waals surface area contributed by atoms with Crippen LogP contribution in [0.15, 0.2) is 12.1 Å². The summed E-state index contributed by atoms with van der Waals surface area (Å²) in [6.07, 6.45) is 3.28. The van der Waals surface area contributed by atoms with Crippen LogP contribution in [-0.2, 0) is 21.6 Å². The van der Waals surface area contributed by atoms with E-state index in [0.29, 0.717) is 5.75 Å². The van der Waals surface area contributed by atoms with E-state index in [-0.39, 0.29) is 10.8 Å². The molecule has 1 N–H and O–H groups in total. The topological polar surface area (TPSA) is 37.3 Å². The molecule has 0 heterocycles. The molecule has 1 rings (SSSR count). The summed E-state index contributed by atoms with van der Waals surface area (Å²) in [5.41, 5.74) is 3.65. The zero-order valence-corrected chi connectivity index (χ0v) is 15.2. The minimum Gasteiger partial charge on any atom is -0.508 e. The minimum absolute atomic E-state index is 0.0291. The van der Waals surface area contributed by atoms with Crippen molar-refractivity contribution < 1.29 is 9.32 Å². The van der Waals surface area contributed by atoms with Crippen molar-refractivity contribution in [2.45, 2.75) is 59.3 Å². The van der Waals surface area contributed by atoms with Gasteiger partial charge in [0.25, 0.3) is 0 Å². The maximum atomic E-state index is 10.1. The molecular weight excluding hydrogens is 268 g/mol. The minimum atomic E-state index is -0.611. The Kier molecular flexibility index (Phi) is 6.47. The maximum absolute atomic E-state index is 10.1. The monoisotopic (exact) mass is 298 g/mol. The summed E-state index contributed by atoms with van der Waals surface area (Å²) in [7, 11) is -0.611. The first-order valence-electron chi connectivity index (χ1n) is 6.87. The van der Waals surface area contributed by atoms with E-state index in [0.717, 1.165) is 5.56 Å². The third kappa shape index (κ3) is 5.66. The Balaban J connectivity index is 0.000000796. The molecule has 0 aliphatic rings. The van der Waals surface area contributed by atoms with E-state index in [2.05, 4.69) is 48.5 Å². The van der Waals surface area contributed by atoms with E-state index in [1.807, 2.05) is 12.1 Å². The number of phenols is 1. The van der Waals surface area contributed by atoms with Gasteiger partial charge in [0.2, 0.25) is 0 Å². The first-order valence-corrected chi connectivity index (χ1v) is 8.83. The Morgan fingerprint density at radius 1 is 0.900 bits per heavy atom. The molecule has 0 radical (unpaired) electrons. The lowest BCUT2D eigenvalue weighted by atomic mass is 9.73. The third-order valence-electron chi connectivity index (χ3n) is 2.89. The lowest BCUT2D eigenvalue weighted by molar-refractivity contribution is 0.434. The zero-order chi connectivity index (χ0) is 16.3. The molecule has 1 aromatic carbocycles. The van der Waals surface area contributed by atoms with Crippen molar-refractivity contribution in [3.63, 3.8) is 0 Å². The standard InChI is InChI=1S/C15H24O.C2H6OS/c1-10-8-9-11(16)13(15(5,6)7)12(10)14(2,3)4;1-4(2)3/h8-9,16H,1-7H3;1-2H3. The lowest BCUT2D eigenvalue weighted by Gasteiger charge is -2.32. The Morgan fingerprint density at radius 3 is 1.50 bits per heavy atom. The van der Waals surface area contributed by atoms with Crippen LogP contribution in [0.5, 0.6) is 5.75 Å². The van der Waals surface area contributed by atoms with Crippen LogP contribution in [0.25, 0.3) is 0 Å². The molecule has 2 nitrogen and oxygen atoms in total. The number of hydrogen-bond acceptors (Lipinski definition) is 2. The number of aromatic hydroxyl groups is 1. The molecule has 0 saturated heterocycles. The Morgan fingerprint density at radius 2 is 1.25 bits per heavy atom. The van der Waals surface area contributed by atoms with Crippen molar-refractivity contribution in [2.24, 2.45) is 0 Å². The van der Waals surface area contributed by atoms with Crippen molar-refractivity contribution in [1.29, 1.82) is 0 Å². The van der Waals surface area contributed by atoms with Crippen LogP contribution in [0.1, 0.15) is 58.2 Å². The molecule has 3 heteroatoms. The van der Waals surface area contributed by atoms with E-state index < -0.39 is 10.8 Å². The van der Waals surface area contributed by atoms with Crippen LogP contribution in [0.3, 0.4) is 0 Å². The van der Waals surface area contributed by atoms with Gasteiger partial charge in [0.15, 0.2) is 0 Å². The normalized spacial score (nSPS) is 12.1. The van der Waals surface area contributed by atoms with Gasteiger partial charge in [-0.15, -0.1) is 0 Å². The molecule has 0 aliphatic heterocycles. The molecule has 0 saturated carbocycles. The number of hydrogen-bond donors (Lipinski definition) is 1. The van der Waals surface area contributed by atoms with Gasteiger partial charge in [0.05, 0.1) is 0 Å². The average Bonchev–Trinajstić information content (AvgIpc) is 2.16. The summed E-state index contributed by atoms with van der Waals surface area (Å²) < 4.78 is 9.56. The van der Waals surface area contributed by atoms with Gasteiger partial charge in [0.1, 0.15) is 5.75 Å². The summed E-state index contributed by atoms with van der Waals surface area (Å²) >= 11 is 0. The van der Waals surface area contributed by atoms with E-state index in [1.54, 1.807) is 12.5 Å². The highest BCUT2D eigenvalue weighted by Crippen LogP contribution is 2.40. The second-order valence-electron chi connectivity index (χ2n) is 7.39. The van der Waals surface area contributed by atoms with Gasteiger partial charge >= 0.3 is 0 Å². The van der Waals surface area contributed by atoms with Gasteiger partial charge < -0.3 is 5.11 Å². The zero-order valence-electron chi connectivity index (χ0n) is 14.4. The molecule has 0 unspecified atom stereocenters. The summed E-state index contributed by atoms with van der Waals surface area (Å²) in [6.45, 7) is 15.2. The molecule has 0 amide bonds. The molecule has 1 aromatic rings. The first-order chi connectivity index (χ1) is 8.78. The molecule has 0 fully saturated rings. The summed E-state index contributed by atoms with van der Waals surface area (Å²) in [4.78, 5) is 0. The van der Waals surface area contributed by atoms with E-state index in [4.69, 9.17) is 0 Å². The van der Waals surface area contributed by atoms with Crippen molar-refractivity contribution in [2.75, 3.05) is 12.5 Å². The number of rotatable bonds is 0.